The molecule has 0 bridgehead atoms. The highest BCUT2D eigenvalue weighted by Gasteiger charge is 2.10. The highest BCUT2D eigenvalue weighted by molar-refractivity contribution is 7.13. The number of thiazole rings is 1. The lowest BCUT2D eigenvalue weighted by Gasteiger charge is -2.21. The van der Waals surface area contributed by atoms with Gasteiger partial charge >= 0.3 is 0 Å². The van der Waals surface area contributed by atoms with Crippen molar-refractivity contribution in [1.29, 1.82) is 0 Å². The van der Waals surface area contributed by atoms with Crippen molar-refractivity contribution in [2.75, 3.05) is 17.2 Å². The molecule has 2 N–H and O–H groups in total. The molecule has 17 heavy (non-hydrogen) atoms. The fraction of sp³-hybridized carbons (Fsp3) is 0.308. The van der Waals surface area contributed by atoms with E-state index < -0.39 is 0 Å². The van der Waals surface area contributed by atoms with Crippen LogP contribution in [0.4, 0.5) is 10.8 Å². The number of benzene rings is 1. The van der Waals surface area contributed by atoms with Gasteiger partial charge in [-0.25, -0.2) is 4.98 Å². The zero-order chi connectivity index (χ0) is 12.1. The molecule has 0 fully saturated rings. The van der Waals surface area contributed by atoms with E-state index in [1.807, 2.05) is 29.8 Å². The zero-order valence-corrected chi connectivity index (χ0v) is 10.8. The minimum Gasteiger partial charge on any atom is -0.398 e. The maximum absolute atomic E-state index is 5.97. The average Bonchev–Trinajstić information content (AvgIpc) is 2.85. The number of aromatic nitrogens is 1. The summed E-state index contributed by atoms with van der Waals surface area (Å²) in [6, 6.07) is 8.01. The highest BCUT2D eigenvalue weighted by Crippen LogP contribution is 2.22. The lowest BCUT2D eigenvalue weighted by Crippen LogP contribution is -2.23. The third-order valence-electron chi connectivity index (χ3n) is 2.60. The Morgan fingerprint density at radius 3 is 2.82 bits per heavy atom. The van der Waals surface area contributed by atoms with Crippen LogP contribution in [0.25, 0.3) is 0 Å². The summed E-state index contributed by atoms with van der Waals surface area (Å²) in [6.07, 6.45) is 2.95. The number of rotatable bonds is 5. The summed E-state index contributed by atoms with van der Waals surface area (Å²) in [7, 11) is 0. The molecule has 0 aliphatic heterocycles. The van der Waals surface area contributed by atoms with Crippen molar-refractivity contribution in [3.8, 4) is 0 Å². The van der Waals surface area contributed by atoms with E-state index >= 15 is 0 Å². The summed E-state index contributed by atoms with van der Waals surface area (Å²) in [6.45, 7) is 4.00. The third-order valence-corrected chi connectivity index (χ3v) is 3.43. The number of nitrogens with two attached hydrogens (primary N) is 1. The first kappa shape index (κ1) is 11.9. The van der Waals surface area contributed by atoms with Gasteiger partial charge in [0.1, 0.15) is 0 Å². The zero-order valence-electron chi connectivity index (χ0n) is 9.97. The molecule has 3 nitrogen and oxygen atoms in total. The lowest BCUT2D eigenvalue weighted by molar-refractivity contribution is 0.765. The summed E-state index contributed by atoms with van der Waals surface area (Å²) in [4.78, 5) is 6.64. The van der Waals surface area contributed by atoms with Crippen LogP contribution in [0.3, 0.4) is 0 Å². The monoisotopic (exact) mass is 247 g/mol. The maximum Gasteiger partial charge on any atom is 0.185 e. The van der Waals surface area contributed by atoms with Gasteiger partial charge in [-0.3, -0.25) is 0 Å². The molecule has 0 unspecified atom stereocenters. The van der Waals surface area contributed by atoms with Crippen LogP contribution in [-0.4, -0.2) is 11.5 Å². The Morgan fingerprint density at radius 2 is 2.18 bits per heavy atom. The van der Waals surface area contributed by atoms with E-state index in [2.05, 4.69) is 22.9 Å². The fourth-order valence-electron chi connectivity index (χ4n) is 1.77. The third kappa shape index (κ3) is 2.97. The summed E-state index contributed by atoms with van der Waals surface area (Å²) in [5.41, 5.74) is 7.99. The van der Waals surface area contributed by atoms with Crippen LogP contribution < -0.4 is 10.6 Å². The van der Waals surface area contributed by atoms with Crippen LogP contribution in [-0.2, 0) is 6.54 Å². The van der Waals surface area contributed by atoms with Crippen LogP contribution in [0.1, 0.15) is 18.9 Å². The van der Waals surface area contributed by atoms with Gasteiger partial charge in [0.2, 0.25) is 0 Å². The van der Waals surface area contributed by atoms with E-state index in [1.165, 1.54) is 0 Å². The Kier molecular flexibility index (Phi) is 3.98. The summed E-state index contributed by atoms with van der Waals surface area (Å²) < 4.78 is 0. The molecule has 0 spiro atoms. The van der Waals surface area contributed by atoms with Gasteiger partial charge in [0.05, 0.1) is 0 Å². The largest absolute Gasteiger partial charge is 0.398 e. The lowest BCUT2D eigenvalue weighted by atomic mass is 10.1. The standard InChI is InChI=1S/C13H17N3S/c1-2-8-16(13-15-7-9-17-13)10-11-5-3-4-6-12(11)14/h3-7,9H,2,8,10,14H2,1H3. The molecule has 2 aromatic rings. The van der Waals surface area contributed by atoms with Crippen LogP contribution in [0.2, 0.25) is 0 Å². The molecule has 0 aliphatic carbocycles. The second-order valence-electron chi connectivity index (χ2n) is 3.94. The first-order chi connectivity index (χ1) is 8.31. The molecule has 0 atom stereocenters. The number of nitrogens with zero attached hydrogens (tertiary/aromatic N) is 2. The summed E-state index contributed by atoms with van der Waals surface area (Å²) in [5.74, 6) is 0. The number of hydrogen-bond acceptors (Lipinski definition) is 4. The molecule has 0 amide bonds. The minimum atomic E-state index is 0.827. The first-order valence-electron chi connectivity index (χ1n) is 5.79. The Morgan fingerprint density at radius 1 is 1.35 bits per heavy atom. The predicted octanol–water partition coefficient (Wildman–Crippen LogP) is 3.14. The van der Waals surface area contributed by atoms with Gasteiger partial charge in [0.25, 0.3) is 0 Å². The molecule has 2 rings (SSSR count). The quantitative estimate of drug-likeness (QED) is 0.825. The molecule has 0 radical (unpaired) electrons. The van der Waals surface area contributed by atoms with Crippen molar-refractivity contribution in [3.05, 3.63) is 41.4 Å². The Bertz CT molecular complexity index is 453. The second kappa shape index (κ2) is 5.68. The highest BCUT2D eigenvalue weighted by atomic mass is 32.1. The molecular formula is C13H17N3S. The SMILES string of the molecule is CCCN(Cc1ccccc1N)c1nccs1. The van der Waals surface area contributed by atoms with Gasteiger partial charge in [-0.1, -0.05) is 25.1 Å². The predicted molar refractivity (Wildman–Crippen MR) is 74.3 cm³/mol. The summed E-state index contributed by atoms with van der Waals surface area (Å²) >= 11 is 1.67. The van der Waals surface area contributed by atoms with Crippen molar-refractivity contribution >= 4 is 22.2 Å². The van der Waals surface area contributed by atoms with E-state index in [0.717, 1.165) is 35.9 Å². The smallest absolute Gasteiger partial charge is 0.185 e. The van der Waals surface area contributed by atoms with Gasteiger partial charge in [0.15, 0.2) is 5.13 Å². The molecule has 1 aromatic carbocycles. The van der Waals surface area contributed by atoms with Crippen LogP contribution in [0.5, 0.6) is 0 Å². The van der Waals surface area contributed by atoms with Crippen molar-refractivity contribution < 1.29 is 0 Å². The molecular weight excluding hydrogens is 230 g/mol. The van der Waals surface area contributed by atoms with E-state index in [9.17, 15) is 0 Å². The maximum atomic E-state index is 5.97. The van der Waals surface area contributed by atoms with Crippen molar-refractivity contribution in [3.63, 3.8) is 0 Å². The van der Waals surface area contributed by atoms with Gasteiger partial charge < -0.3 is 10.6 Å². The normalized spacial score (nSPS) is 10.4. The van der Waals surface area contributed by atoms with E-state index in [1.54, 1.807) is 11.3 Å². The van der Waals surface area contributed by atoms with E-state index in [0.29, 0.717) is 0 Å². The average molecular weight is 247 g/mol. The van der Waals surface area contributed by atoms with Gasteiger partial charge in [-0.2, -0.15) is 0 Å². The van der Waals surface area contributed by atoms with E-state index in [4.69, 9.17) is 5.73 Å². The second-order valence-corrected chi connectivity index (χ2v) is 4.81. The molecule has 4 heteroatoms. The van der Waals surface area contributed by atoms with Gasteiger partial charge in [-0.05, 0) is 18.1 Å². The molecule has 0 aliphatic rings. The molecule has 1 aromatic heterocycles. The molecule has 1 heterocycles. The van der Waals surface area contributed by atoms with Crippen molar-refractivity contribution in [2.45, 2.75) is 19.9 Å². The summed E-state index contributed by atoms with van der Waals surface area (Å²) in [5, 5.41) is 3.07. The number of nitrogen functional groups attached to an aromatic ring is 1. The Hall–Kier alpha value is -1.55. The number of hydrogen-bond donors (Lipinski definition) is 1. The van der Waals surface area contributed by atoms with Crippen LogP contribution in [0, 0.1) is 0 Å². The topological polar surface area (TPSA) is 42.1 Å². The molecule has 0 saturated carbocycles. The fourth-order valence-corrected chi connectivity index (χ4v) is 2.44. The number of para-hydroxylation sites is 1. The Balaban J connectivity index is 2.16. The van der Waals surface area contributed by atoms with Gasteiger partial charge in [-0.15, -0.1) is 11.3 Å². The Labute approximate surface area is 106 Å². The molecule has 90 valence electrons. The van der Waals surface area contributed by atoms with Crippen molar-refractivity contribution in [2.24, 2.45) is 0 Å². The van der Waals surface area contributed by atoms with Crippen LogP contribution >= 0.6 is 11.3 Å². The first-order valence-corrected chi connectivity index (χ1v) is 6.67. The van der Waals surface area contributed by atoms with Gasteiger partial charge in [0, 0.05) is 30.4 Å². The van der Waals surface area contributed by atoms with Crippen molar-refractivity contribution in [1.82, 2.24) is 4.98 Å². The van der Waals surface area contributed by atoms with Crippen LogP contribution in [0.15, 0.2) is 35.8 Å². The minimum absolute atomic E-state index is 0.827. The van der Waals surface area contributed by atoms with E-state index in [-0.39, 0.29) is 0 Å². The molecule has 0 saturated heterocycles. The number of anilines is 2.